The molecule has 4 nitrogen and oxygen atoms in total. The fourth-order valence-electron chi connectivity index (χ4n) is 3.46. The summed E-state index contributed by atoms with van der Waals surface area (Å²) in [5, 5.41) is 0. The van der Waals surface area contributed by atoms with Crippen LogP contribution >= 0.6 is 0 Å². The topological polar surface area (TPSA) is 34.5 Å². The van der Waals surface area contributed by atoms with E-state index in [1.165, 1.54) is 16.9 Å². The molecule has 24 heavy (non-hydrogen) atoms. The first-order valence-electron chi connectivity index (χ1n) is 8.79. The summed E-state index contributed by atoms with van der Waals surface area (Å²) in [6, 6.07) is 12.8. The molecule has 0 spiro atoms. The van der Waals surface area contributed by atoms with E-state index < -0.39 is 0 Å². The average molecular weight is 326 g/mol. The van der Waals surface area contributed by atoms with E-state index in [0.29, 0.717) is 6.61 Å². The first kappa shape index (κ1) is 16.8. The number of likely N-dealkylation sites (tertiary alicyclic amines) is 1. The summed E-state index contributed by atoms with van der Waals surface area (Å²) in [7, 11) is 0. The van der Waals surface area contributed by atoms with Gasteiger partial charge < -0.3 is 9.30 Å². The second-order valence-electron chi connectivity index (χ2n) is 6.53. The third-order valence-corrected chi connectivity index (χ3v) is 4.62. The molecule has 0 N–H and O–H groups in total. The van der Waals surface area contributed by atoms with Crippen LogP contribution in [0.5, 0.6) is 0 Å². The fourth-order valence-corrected chi connectivity index (χ4v) is 3.46. The lowest BCUT2D eigenvalue weighted by molar-refractivity contribution is -0.150. The van der Waals surface area contributed by atoms with E-state index in [0.717, 1.165) is 32.5 Å². The molecular formula is C20H26N2O2. The number of aryl methyl sites for hydroxylation is 1. The highest BCUT2D eigenvalue weighted by Crippen LogP contribution is 2.21. The zero-order valence-electron chi connectivity index (χ0n) is 14.6. The van der Waals surface area contributed by atoms with Gasteiger partial charge in [-0.2, -0.15) is 0 Å². The second kappa shape index (κ2) is 7.67. The lowest BCUT2D eigenvalue weighted by Gasteiger charge is -2.31. The summed E-state index contributed by atoms with van der Waals surface area (Å²) in [4.78, 5) is 14.4. The van der Waals surface area contributed by atoms with Crippen molar-refractivity contribution in [2.45, 2.75) is 33.2 Å². The van der Waals surface area contributed by atoms with Crippen molar-refractivity contribution in [2.24, 2.45) is 5.92 Å². The molecule has 0 radical (unpaired) electrons. The van der Waals surface area contributed by atoms with E-state index in [1.807, 2.05) is 6.92 Å². The minimum atomic E-state index is -0.0451. The van der Waals surface area contributed by atoms with E-state index >= 15 is 0 Å². The van der Waals surface area contributed by atoms with Crippen LogP contribution in [0.3, 0.4) is 0 Å². The molecule has 3 rings (SSSR count). The number of hydrogen-bond donors (Lipinski definition) is 0. The van der Waals surface area contributed by atoms with Crippen molar-refractivity contribution in [1.82, 2.24) is 9.47 Å². The normalized spacial score (nSPS) is 18.5. The number of carbonyl (C=O) groups is 1. The van der Waals surface area contributed by atoms with Gasteiger partial charge in [-0.3, -0.25) is 9.69 Å². The van der Waals surface area contributed by atoms with E-state index in [1.54, 1.807) is 0 Å². The van der Waals surface area contributed by atoms with Crippen molar-refractivity contribution in [3.05, 3.63) is 53.9 Å². The molecule has 0 saturated carbocycles. The second-order valence-corrected chi connectivity index (χ2v) is 6.53. The van der Waals surface area contributed by atoms with Crippen LogP contribution in [0, 0.1) is 12.8 Å². The van der Waals surface area contributed by atoms with Gasteiger partial charge in [0.25, 0.3) is 0 Å². The first-order valence-corrected chi connectivity index (χ1v) is 8.79. The monoisotopic (exact) mass is 326 g/mol. The lowest BCUT2D eigenvalue weighted by atomic mass is 9.98. The number of rotatable bonds is 5. The lowest BCUT2D eigenvalue weighted by Crippen LogP contribution is -2.39. The number of carbonyl (C=O) groups excluding carboxylic acids is 1. The molecule has 1 fully saturated rings. The molecule has 1 aliphatic rings. The van der Waals surface area contributed by atoms with Crippen molar-refractivity contribution < 1.29 is 9.53 Å². The number of ether oxygens (including phenoxy) is 1. The van der Waals surface area contributed by atoms with Crippen LogP contribution in [0.4, 0.5) is 0 Å². The number of benzene rings is 1. The highest BCUT2D eigenvalue weighted by molar-refractivity contribution is 5.72. The van der Waals surface area contributed by atoms with E-state index in [2.05, 4.69) is 59.0 Å². The SMILES string of the molecule is CCOC(=O)C1CCCN(Cc2cccn2-c2cccc(C)c2)C1. The Morgan fingerprint density at radius 1 is 1.29 bits per heavy atom. The molecule has 0 bridgehead atoms. The molecular weight excluding hydrogens is 300 g/mol. The van der Waals surface area contributed by atoms with E-state index in [9.17, 15) is 4.79 Å². The zero-order chi connectivity index (χ0) is 16.9. The summed E-state index contributed by atoms with van der Waals surface area (Å²) in [6.07, 6.45) is 4.10. The smallest absolute Gasteiger partial charge is 0.310 e. The number of esters is 1. The molecule has 1 aromatic carbocycles. The molecule has 1 unspecified atom stereocenters. The maximum atomic E-state index is 12.0. The average Bonchev–Trinajstić information content (AvgIpc) is 3.03. The molecule has 1 saturated heterocycles. The van der Waals surface area contributed by atoms with Crippen molar-refractivity contribution in [3.8, 4) is 5.69 Å². The highest BCUT2D eigenvalue weighted by Gasteiger charge is 2.27. The van der Waals surface area contributed by atoms with Crippen LogP contribution in [0.2, 0.25) is 0 Å². The predicted molar refractivity (Wildman–Crippen MR) is 95.1 cm³/mol. The molecule has 0 amide bonds. The Morgan fingerprint density at radius 2 is 2.17 bits per heavy atom. The molecule has 1 aromatic heterocycles. The van der Waals surface area contributed by atoms with Gasteiger partial charge in [-0.05, 0) is 63.1 Å². The summed E-state index contributed by atoms with van der Waals surface area (Å²) in [5.74, 6) is -0.0302. The van der Waals surface area contributed by atoms with Crippen LogP contribution in [0.15, 0.2) is 42.6 Å². The van der Waals surface area contributed by atoms with E-state index in [4.69, 9.17) is 4.74 Å². The fraction of sp³-hybridized carbons (Fsp3) is 0.450. The van der Waals surface area contributed by atoms with Crippen molar-refractivity contribution in [2.75, 3.05) is 19.7 Å². The third-order valence-electron chi connectivity index (χ3n) is 4.62. The number of piperidine rings is 1. The van der Waals surface area contributed by atoms with Crippen LogP contribution in [0.25, 0.3) is 5.69 Å². The molecule has 128 valence electrons. The summed E-state index contributed by atoms with van der Waals surface area (Å²) in [6.45, 7) is 7.13. The molecule has 2 heterocycles. The Hall–Kier alpha value is -2.07. The Kier molecular flexibility index (Phi) is 5.36. The third kappa shape index (κ3) is 3.88. The van der Waals surface area contributed by atoms with Gasteiger partial charge in [0.2, 0.25) is 0 Å². The van der Waals surface area contributed by atoms with E-state index in [-0.39, 0.29) is 11.9 Å². The van der Waals surface area contributed by atoms with Gasteiger partial charge in [-0.25, -0.2) is 0 Å². The van der Waals surface area contributed by atoms with Crippen LogP contribution in [-0.2, 0) is 16.1 Å². The van der Waals surface area contributed by atoms with Gasteiger partial charge in [-0.1, -0.05) is 12.1 Å². The Morgan fingerprint density at radius 3 is 2.96 bits per heavy atom. The maximum Gasteiger partial charge on any atom is 0.310 e. The standard InChI is InChI=1S/C20H26N2O2/c1-3-24-20(23)17-8-5-11-21(14-17)15-19-10-6-12-22(19)18-9-4-7-16(2)13-18/h4,6-7,9-10,12-13,17H,3,5,8,11,14-15H2,1-2H3. The van der Waals surface area contributed by atoms with Crippen molar-refractivity contribution >= 4 is 5.97 Å². The molecule has 2 aromatic rings. The van der Waals surface area contributed by atoms with Gasteiger partial charge >= 0.3 is 5.97 Å². The van der Waals surface area contributed by atoms with Gasteiger partial charge in [0.05, 0.1) is 12.5 Å². The number of nitrogens with zero attached hydrogens (tertiary/aromatic N) is 2. The Bertz CT molecular complexity index is 692. The highest BCUT2D eigenvalue weighted by atomic mass is 16.5. The largest absolute Gasteiger partial charge is 0.466 e. The van der Waals surface area contributed by atoms with Gasteiger partial charge in [-0.15, -0.1) is 0 Å². The zero-order valence-corrected chi connectivity index (χ0v) is 14.6. The summed E-state index contributed by atoms with van der Waals surface area (Å²) in [5.41, 5.74) is 3.70. The molecule has 0 aliphatic carbocycles. The Balaban J connectivity index is 1.71. The number of aromatic nitrogens is 1. The van der Waals surface area contributed by atoms with Gasteiger partial charge in [0.15, 0.2) is 0 Å². The van der Waals surface area contributed by atoms with Gasteiger partial charge in [0.1, 0.15) is 0 Å². The van der Waals surface area contributed by atoms with Gasteiger partial charge in [0, 0.05) is 30.7 Å². The van der Waals surface area contributed by atoms with Crippen LogP contribution in [-0.4, -0.2) is 35.1 Å². The maximum absolute atomic E-state index is 12.0. The summed E-state index contributed by atoms with van der Waals surface area (Å²) >= 11 is 0. The van der Waals surface area contributed by atoms with Crippen molar-refractivity contribution in [3.63, 3.8) is 0 Å². The van der Waals surface area contributed by atoms with Crippen LogP contribution in [0.1, 0.15) is 31.0 Å². The Labute approximate surface area is 144 Å². The predicted octanol–water partition coefficient (Wildman–Crippen LogP) is 3.56. The van der Waals surface area contributed by atoms with Crippen molar-refractivity contribution in [1.29, 1.82) is 0 Å². The van der Waals surface area contributed by atoms with Crippen LogP contribution < -0.4 is 0 Å². The molecule has 1 aliphatic heterocycles. The first-order chi connectivity index (χ1) is 11.7. The summed E-state index contributed by atoms with van der Waals surface area (Å²) < 4.78 is 7.44. The minimum Gasteiger partial charge on any atom is -0.466 e. The molecule has 4 heteroatoms. The molecule has 1 atom stereocenters. The quantitative estimate of drug-likeness (QED) is 0.788. The number of hydrogen-bond acceptors (Lipinski definition) is 3. The minimum absolute atomic E-state index is 0.0149.